The highest BCUT2D eigenvalue weighted by molar-refractivity contribution is 7.62. The predicted molar refractivity (Wildman–Crippen MR) is 124 cm³/mol. The molecule has 0 aliphatic rings. The van der Waals surface area contributed by atoms with Crippen molar-refractivity contribution in [2.24, 2.45) is 4.36 Å². The van der Waals surface area contributed by atoms with E-state index in [-0.39, 0.29) is 0 Å². The number of para-hydroxylation sites is 1. The molecule has 7 nitrogen and oxygen atoms in total. The van der Waals surface area contributed by atoms with Crippen LogP contribution < -0.4 is 4.74 Å². The van der Waals surface area contributed by atoms with Gasteiger partial charge >= 0.3 is 10.5 Å². The third kappa shape index (κ3) is 6.38. The molecule has 0 spiro atoms. The summed E-state index contributed by atoms with van der Waals surface area (Å²) in [5.41, 5.74) is 4.25. The molecule has 1 aromatic heterocycles. The zero-order valence-electron chi connectivity index (χ0n) is 17.7. The lowest BCUT2D eigenvalue weighted by molar-refractivity contribution is -0.113. The highest BCUT2D eigenvalue weighted by Crippen LogP contribution is 2.26. The summed E-state index contributed by atoms with van der Waals surface area (Å²) in [4.78, 5) is 11.6. The van der Waals surface area contributed by atoms with E-state index in [1.165, 1.54) is 6.08 Å². The Bertz CT molecular complexity index is 1250. The van der Waals surface area contributed by atoms with Gasteiger partial charge in [-0.3, -0.25) is 4.79 Å². The van der Waals surface area contributed by atoms with Crippen LogP contribution in [-0.2, 0) is 21.7 Å². The van der Waals surface area contributed by atoms with Gasteiger partial charge in [0.05, 0.1) is 18.0 Å². The second-order valence-corrected chi connectivity index (χ2v) is 8.11. The van der Waals surface area contributed by atoms with Crippen LogP contribution in [0.3, 0.4) is 0 Å². The zero-order chi connectivity index (χ0) is 23.1. The maximum absolute atomic E-state index is 11.6. The van der Waals surface area contributed by atoms with Crippen molar-refractivity contribution in [1.82, 2.24) is 9.78 Å². The van der Waals surface area contributed by atoms with Crippen LogP contribution in [0.25, 0.3) is 11.8 Å². The number of ether oxygens (including phenoxy) is 1. The molecule has 9 heteroatoms. The van der Waals surface area contributed by atoms with Crippen LogP contribution in [0, 0.1) is 13.8 Å². The molecule has 2 aromatic carbocycles. The van der Waals surface area contributed by atoms with Crippen LogP contribution in [-0.4, -0.2) is 30.7 Å². The standard InChI is InChI=1S/C23H22ClN3O4S/c1-16-13-20(14-17(2)23(16)24)31-12-6-9-21-18(10-11-22(28)26-32(29)30)15-27(25-21)19-7-4-3-5-8-19/h3-5,7-8,10-11,13-15H,6,9,12H2,1-2H3. The van der Waals surface area contributed by atoms with Gasteiger partial charge in [-0.2, -0.15) is 13.5 Å². The van der Waals surface area contributed by atoms with Crippen molar-refractivity contribution >= 4 is 34.1 Å². The Hall–Kier alpha value is -3.23. The van der Waals surface area contributed by atoms with Crippen LogP contribution in [0.15, 0.2) is 59.1 Å². The fourth-order valence-corrected chi connectivity index (χ4v) is 3.47. The minimum Gasteiger partial charge on any atom is -0.494 e. The lowest BCUT2D eigenvalue weighted by atomic mass is 10.1. The van der Waals surface area contributed by atoms with Gasteiger partial charge in [0.15, 0.2) is 0 Å². The highest BCUT2D eigenvalue weighted by Gasteiger charge is 2.10. The number of nitrogens with zero attached hydrogens (tertiary/aromatic N) is 3. The number of carbonyl (C=O) groups excluding carboxylic acids is 1. The molecular weight excluding hydrogens is 450 g/mol. The van der Waals surface area contributed by atoms with Gasteiger partial charge < -0.3 is 4.74 Å². The van der Waals surface area contributed by atoms with E-state index < -0.39 is 16.4 Å². The van der Waals surface area contributed by atoms with Crippen molar-refractivity contribution < 1.29 is 17.9 Å². The summed E-state index contributed by atoms with van der Waals surface area (Å²) in [6.07, 6.45) is 5.71. The molecule has 0 fully saturated rings. The Morgan fingerprint density at radius 3 is 2.53 bits per heavy atom. The summed E-state index contributed by atoms with van der Waals surface area (Å²) in [6.45, 7) is 4.35. The second-order valence-electron chi connectivity index (χ2n) is 7.11. The van der Waals surface area contributed by atoms with Crippen LogP contribution >= 0.6 is 11.6 Å². The van der Waals surface area contributed by atoms with Gasteiger partial charge in [-0.1, -0.05) is 34.2 Å². The van der Waals surface area contributed by atoms with E-state index in [9.17, 15) is 13.2 Å². The maximum atomic E-state index is 11.6. The summed E-state index contributed by atoms with van der Waals surface area (Å²) in [5.74, 6) is -0.0919. The molecular formula is C23H22ClN3O4S. The van der Waals surface area contributed by atoms with E-state index in [1.807, 2.05) is 56.3 Å². The Kier molecular flexibility index (Phi) is 7.97. The SMILES string of the molecule is Cc1cc(OCCCc2nn(-c3ccccc3)cc2C=CC(=O)N=S(=O)=O)cc(C)c1Cl. The number of benzene rings is 2. The van der Waals surface area contributed by atoms with Gasteiger partial charge in [-0.25, -0.2) is 4.68 Å². The number of halogens is 1. The highest BCUT2D eigenvalue weighted by atomic mass is 35.5. The molecule has 0 bridgehead atoms. The van der Waals surface area contributed by atoms with Gasteiger partial charge in [0.1, 0.15) is 5.75 Å². The molecule has 0 unspecified atom stereocenters. The van der Waals surface area contributed by atoms with Gasteiger partial charge in [0, 0.05) is 22.9 Å². The van der Waals surface area contributed by atoms with E-state index in [0.717, 1.165) is 39.4 Å². The van der Waals surface area contributed by atoms with E-state index in [4.69, 9.17) is 16.3 Å². The number of hydrogen-bond donors (Lipinski definition) is 0. The second kappa shape index (κ2) is 10.9. The lowest BCUT2D eigenvalue weighted by Gasteiger charge is -2.09. The smallest absolute Gasteiger partial charge is 0.319 e. The fraction of sp³-hybridized carbons (Fsp3) is 0.217. The number of carbonyl (C=O) groups is 1. The van der Waals surface area contributed by atoms with E-state index in [0.29, 0.717) is 25.0 Å². The van der Waals surface area contributed by atoms with Crippen molar-refractivity contribution in [3.8, 4) is 11.4 Å². The molecule has 0 aliphatic carbocycles. The van der Waals surface area contributed by atoms with Crippen LogP contribution in [0.5, 0.6) is 5.75 Å². The number of aromatic nitrogens is 2. The third-order valence-electron chi connectivity index (χ3n) is 4.65. The van der Waals surface area contributed by atoms with Crippen molar-refractivity contribution in [3.05, 3.63) is 82.1 Å². The number of hydrogen-bond acceptors (Lipinski definition) is 5. The van der Waals surface area contributed by atoms with E-state index in [1.54, 1.807) is 10.9 Å². The summed E-state index contributed by atoms with van der Waals surface area (Å²) in [5, 5.41) is 5.37. The molecule has 3 aromatic rings. The number of aryl methyl sites for hydroxylation is 3. The molecule has 0 N–H and O–H groups in total. The topological polar surface area (TPSA) is 90.6 Å². The molecule has 1 heterocycles. The van der Waals surface area contributed by atoms with Gasteiger partial charge in [0.2, 0.25) is 0 Å². The first kappa shape index (κ1) is 23.4. The molecule has 0 saturated heterocycles. The molecule has 32 heavy (non-hydrogen) atoms. The largest absolute Gasteiger partial charge is 0.494 e. The molecule has 166 valence electrons. The predicted octanol–water partition coefficient (Wildman–Crippen LogP) is 4.76. The number of amides is 1. The Morgan fingerprint density at radius 2 is 1.88 bits per heavy atom. The monoisotopic (exact) mass is 471 g/mol. The molecule has 0 aliphatic heterocycles. The summed E-state index contributed by atoms with van der Waals surface area (Å²) < 4.78 is 31.7. The van der Waals surface area contributed by atoms with Crippen molar-refractivity contribution in [3.63, 3.8) is 0 Å². The average molecular weight is 472 g/mol. The zero-order valence-corrected chi connectivity index (χ0v) is 19.2. The van der Waals surface area contributed by atoms with Crippen molar-refractivity contribution in [1.29, 1.82) is 0 Å². The first-order valence-corrected chi connectivity index (χ1v) is 11.3. The quantitative estimate of drug-likeness (QED) is 0.349. The summed E-state index contributed by atoms with van der Waals surface area (Å²) >= 11 is 6.20. The van der Waals surface area contributed by atoms with Crippen LogP contribution in [0.1, 0.15) is 28.8 Å². The van der Waals surface area contributed by atoms with Gasteiger partial charge in [-0.05, 0) is 68.2 Å². The molecule has 0 atom stereocenters. The average Bonchev–Trinajstić information content (AvgIpc) is 3.17. The molecule has 0 radical (unpaired) electrons. The summed E-state index contributed by atoms with van der Waals surface area (Å²) in [7, 11) is -2.78. The first-order chi connectivity index (χ1) is 15.3. The maximum Gasteiger partial charge on any atom is 0.319 e. The lowest BCUT2D eigenvalue weighted by Crippen LogP contribution is -2.02. The van der Waals surface area contributed by atoms with E-state index in [2.05, 4.69) is 9.46 Å². The van der Waals surface area contributed by atoms with Gasteiger partial charge in [0.25, 0.3) is 5.91 Å². The minimum absolute atomic E-state index is 0.477. The number of rotatable bonds is 8. The molecule has 3 rings (SSSR count). The Morgan fingerprint density at radius 1 is 1.19 bits per heavy atom. The third-order valence-corrected chi connectivity index (χ3v) is 5.58. The van der Waals surface area contributed by atoms with E-state index >= 15 is 0 Å². The fourth-order valence-electron chi connectivity index (χ4n) is 3.15. The van der Waals surface area contributed by atoms with Crippen LogP contribution in [0.4, 0.5) is 0 Å². The summed E-state index contributed by atoms with van der Waals surface area (Å²) in [6, 6.07) is 13.4. The van der Waals surface area contributed by atoms with Crippen LogP contribution in [0.2, 0.25) is 5.02 Å². The molecule has 1 amide bonds. The molecule has 0 saturated carbocycles. The Labute approximate surface area is 193 Å². The normalized spacial score (nSPS) is 11.0. The first-order valence-electron chi connectivity index (χ1n) is 9.90. The Balaban J connectivity index is 1.73. The van der Waals surface area contributed by atoms with Crippen molar-refractivity contribution in [2.45, 2.75) is 26.7 Å². The minimum atomic E-state index is -2.78. The van der Waals surface area contributed by atoms with Crippen molar-refractivity contribution in [2.75, 3.05) is 6.61 Å². The van der Waals surface area contributed by atoms with Gasteiger partial charge in [-0.15, -0.1) is 0 Å².